The minimum atomic E-state index is -0.336. The molecule has 5 nitrogen and oxygen atoms in total. The van der Waals surface area contributed by atoms with E-state index >= 15 is 0 Å². The van der Waals surface area contributed by atoms with Gasteiger partial charge in [0.25, 0.3) is 0 Å². The maximum Gasteiger partial charge on any atom is 0.315 e. The van der Waals surface area contributed by atoms with E-state index in [1.165, 1.54) is 0 Å². The number of carbonyl (C=O) groups excluding carboxylic acids is 1. The number of nitrogens with one attached hydrogen (secondary N) is 2. The summed E-state index contributed by atoms with van der Waals surface area (Å²) in [7, 11) is 0. The molecular weight excluding hydrogens is 232 g/mol. The summed E-state index contributed by atoms with van der Waals surface area (Å²) in [5.41, 5.74) is -0.336. The van der Waals surface area contributed by atoms with Gasteiger partial charge in [0.1, 0.15) is 0 Å². The molecule has 2 amide bonds. The van der Waals surface area contributed by atoms with Gasteiger partial charge in [-0.1, -0.05) is 6.92 Å². The van der Waals surface area contributed by atoms with Crippen molar-refractivity contribution < 1.29 is 14.6 Å². The number of aliphatic hydroxyl groups excluding tert-OH is 1. The van der Waals surface area contributed by atoms with Crippen LogP contribution >= 0.6 is 0 Å². The quantitative estimate of drug-likeness (QED) is 0.691. The monoisotopic (exact) mass is 256 g/mol. The normalized spacial score (nSPS) is 33.2. The summed E-state index contributed by atoms with van der Waals surface area (Å²) >= 11 is 0. The smallest absolute Gasteiger partial charge is 0.315 e. The van der Waals surface area contributed by atoms with Crippen molar-refractivity contribution in [2.24, 2.45) is 0 Å². The van der Waals surface area contributed by atoms with Crippen LogP contribution in [-0.2, 0) is 4.74 Å². The van der Waals surface area contributed by atoms with E-state index in [9.17, 15) is 4.79 Å². The molecule has 0 aliphatic carbocycles. The lowest BCUT2D eigenvalue weighted by Crippen LogP contribution is -2.54. The number of urea groups is 1. The Hall–Kier alpha value is -0.810. The van der Waals surface area contributed by atoms with Gasteiger partial charge in [-0.3, -0.25) is 0 Å². The second-order valence-corrected chi connectivity index (χ2v) is 5.70. The molecule has 104 valence electrons. The van der Waals surface area contributed by atoms with Crippen LogP contribution in [0.2, 0.25) is 0 Å². The Morgan fingerprint density at radius 1 is 1.50 bits per heavy atom. The van der Waals surface area contributed by atoms with E-state index in [1.807, 2.05) is 13.8 Å². The lowest BCUT2D eigenvalue weighted by molar-refractivity contribution is 0.0977. The maximum absolute atomic E-state index is 12.0. The molecule has 3 N–H and O–H groups in total. The minimum Gasteiger partial charge on any atom is -0.396 e. The molecule has 0 aromatic heterocycles. The third-order valence-electron chi connectivity index (χ3n) is 4.28. The zero-order valence-corrected chi connectivity index (χ0v) is 11.2. The first-order valence-corrected chi connectivity index (χ1v) is 6.91. The van der Waals surface area contributed by atoms with Crippen molar-refractivity contribution >= 4 is 6.03 Å². The average molecular weight is 256 g/mol. The van der Waals surface area contributed by atoms with Gasteiger partial charge in [0, 0.05) is 12.1 Å². The highest BCUT2D eigenvalue weighted by molar-refractivity contribution is 5.75. The van der Waals surface area contributed by atoms with Gasteiger partial charge >= 0.3 is 6.03 Å². The Bertz CT molecular complexity index is 311. The predicted molar refractivity (Wildman–Crippen MR) is 68.4 cm³/mol. The SMILES string of the molecule is CCC(C)(CCO)NC(=O)NC1CC2CCC1O2. The van der Waals surface area contributed by atoms with E-state index in [2.05, 4.69) is 10.6 Å². The standard InChI is InChI=1S/C13H24N2O3/c1-3-13(2,6-7-16)15-12(17)14-10-8-9-4-5-11(10)18-9/h9-11,16H,3-8H2,1-2H3,(H2,14,15,17). The Labute approximate surface area is 108 Å². The summed E-state index contributed by atoms with van der Waals surface area (Å²) in [6.07, 6.45) is 5.03. The van der Waals surface area contributed by atoms with Crippen molar-refractivity contribution in [2.45, 2.75) is 69.7 Å². The fraction of sp³-hybridized carbons (Fsp3) is 0.923. The van der Waals surface area contributed by atoms with E-state index < -0.39 is 0 Å². The summed E-state index contributed by atoms with van der Waals surface area (Å²) in [6.45, 7) is 4.05. The van der Waals surface area contributed by atoms with E-state index in [4.69, 9.17) is 9.84 Å². The highest BCUT2D eigenvalue weighted by atomic mass is 16.5. The van der Waals surface area contributed by atoms with Gasteiger partial charge in [-0.25, -0.2) is 4.79 Å². The van der Waals surface area contributed by atoms with Gasteiger partial charge < -0.3 is 20.5 Å². The number of ether oxygens (including phenoxy) is 1. The van der Waals surface area contributed by atoms with Gasteiger partial charge in [-0.05, 0) is 39.0 Å². The number of hydrogen-bond donors (Lipinski definition) is 3. The number of carbonyl (C=O) groups is 1. The van der Waals surface area contributed by atoms with Crippen LogP contribution in [0.25, 0.3) is 0 Å². The van der Waals surface area contributed by atoms with Crippen LogP contribution in [0.15, 0.2) is 0 Å². The van der Waals surface area contributed by atoms with Crippen LogP contribution in [0.3, 0.4) is 0 Å². The molecule has 2 rings (SSSR count). The summed E-state index contributed by atoms with van der Waals surface area (Å²) in [6, 6.07) is 0.00735. The van der Waals surface area contributed by atoms with Crippen LogP contribution in [0, 0.1) is 0 Å². The third kappa shape index (κ3) is 2.95. The highest BCUT2D eigenvalue weighted by Crippen LogP contribution is 2.34. The second kappa shape index (κ2) is 5.45. The van der Waals surface area contributed by atoms with Gasteiger partial charge in [0.15, 0.2) is 0 Å². The second-order valence-electron chi connectivity index (χ2n) is 5.70. The first-order valence-electron chi connectivity index (χ1n) is 6.91. The van der Waals surface area contributed by atoms with Crippen molar-refractivity contribution in [3.63, 3.8) is 0 Å². The van der Waals surface area contributed by atoms with E-state index in [0.29, 0.717) is 12.5 Å². The van der Waals surface area contributed by atoms with Gasteiger partial charge in [-0.15, -0.1) is 0 Å². The first kappa shape index (κ1) is 13.6. The molecule has 4 atom stereocenters. The van der Waals surface area contributed by atoms with Crippen LogP contribution in [0.4, 0.5) is 4.79 Å². The Kier molecular flexibility index (Phi) is 4.12. The van der Waals surface area contributed by atoms with Crippen LogP contribution in [0.1, 0.15) is 46.0 Å². The van der Waals surface area contributed by atoms with E-state index in [1.54, 1.807) is 0 Å². The van der Waals surface area contributed by atoms with E-state index in [-0.39, 0.29) is 30.3 Å². The van der Waals surface area contributed by atoms with Crippen molar-refractivity contribution in [3.8, 4) is 0 Å². The van der Waals surface area contributed by atoms with E-state index in [0.717, 1.165) is 25.7 Å². The number of rotatable bonds is 5. The molecular formula is C13H24N2O3. The highest BCUT2D eigenvalue weighted by Gasteiger charge is 2.41. The molecule has 0 aromatic carbocycles. The third-order valence-corrected chi connectivity index (χ3v) is 4.28. The summed E-state index contributed by atoms with van der Waals surface area (Å²) in [5, 5.41) is 15.0. The summed E-state index contributed by atoms with van der Waals surface area (Å²) < 4.78 is 5.71. The largest absolute Gasteiger partial charge is 0.396 e. The fourth-order valence-electron chi connectivity index (χ4n) is 2.84. The average Bonchev–Trinajstić information content (AvgIpc) is 2.91. The van der Waals surface area contributed by atoms with Crippen molar-refractivity contribution in [2.75, 3.05) is 6.61 Å². The molecule has 0 saturated carbocycles. The molecule has 4 unspecified atom stereocenters. The number of amides is 2. The minimum absolute atomic E-state index is 0.0852. The molecule has 2 bridgehead atoms. The first-order chi connectivity index (χ1) is 8.56. The Morgan fingerprint density at radius 3 is 2.78 bits per heavy atom. The topological polar surface area (TPSA) is 70.6 Å². The zero-order chi connectivity index (χ0) is 13.2. The number of fused-ring (bicyclic) bond motifs is 2. The molecule has 2 aliphatic heterocycles. The molecule has 0 spiro atoms. The lowest BCUT2D eigenvalue weighted by atomic mass is 9.94. The molecule has 2 fully saturated rings. The molecule has 18 heavy (non-hydrogen) atoms. The lowest BCUT2D eigenvalue weighted by Gasteiger charge is -2.30. The molecule has 5 heteroatoms. The van der Waals surface area contributed by atoms with Gasteiger partial charge in [0.05, 0.1) is 18.2 Å². The van der Waals surface area contributed by atoms with Crippen molar-refractivity contribution in [1.82, 2.24) is 10.6 Å². The van der Waals surface area contributed by atoms with Crippen LogP contribution in [-0.4, -0.2) is 41.5 Å². The molecule has 2 saturated heterocycles. The van der Waals surface area contributed by atoms with Gasteiger partial charge in [-0.2, -0.15) is 0 Å². The fourth-order valence-corrected chi connectivity index (χ4v) is 2.84. The van der Waals surface area contributed by atoms with Crippen LogP contribution in [0.5, 0.6) is 0 Å². The Morgan fingerprint density at radius 2 is 2.28 bits per heavy atom. The van der Waals surface area contributed by atoms with Gasteiger partial charge in [0.2, 0.25) is 0 Å². The van der Waals surface area contributed by atoms with Crippen molar-refractivity contribution in [1.29, 1.82) is 0 Å². The predicted octanol–water partition coefficient (Wildman–Crippen LogP) is 1.16. The summed E-state index contributed by atoms with van der Waals surface area (Å²) in [5.74, 6) is 0. The number of aliphatic hydroxyl groups is 1. The van der Waals surface area contributed by atoms with Crippen LogP contribution < -0.4 is 10.6 Å². The zero-order valence-electron chi connectivity index (χ0n) is 11.2. The summed E-state index contributed by atoms with van der Waals surface area (Å²) in [4.78, 5) is 12.0. The number of hydrogen-bond acceptors (Lipinski definition) is 3. The maximum atomic E-state index is 12.0. The Balaban J connectivity index is 1.81. The molecule has 0 radical (unpaired) electrons. The van der Waals surface area contributed by atoms with Crippen molar-refractivity contribution in [3.05, 3.63) is 0 Å². The molecule has 2 aliphatic rings. The molecule has 0 aromatic rings. The molecule has 2 heterocycles.